The molecule has 2 N–H and O–H groups in total. The summed E-state index contributed by atoms with van der Waals surface area (Å²) in [5.74, 6) is -0.0258. The van der Waals surface area contributed by atoms with Gasteiger partial charge in [-0.25, -0.2) is 4.98 Å². The molecule has 19 heavy (non-hydrogen) atoms. The molecule has 3 rings (SSSR count). The van der Waals surface area contributed by atoms with Gasteiger partial charge in [0.05, 0.1) is 27.0 Å². The second-order valence-corrected chi connectivity index (χ2v) is 5.91. The molecule has 2 aromatic rings. The first-order valence-electron chi connectivity index (χ1n) is 6.31. The van der Waals surface area contributed by atoms with Crippen molar-refractivity contribution in [3.05, 3.63) is 22.7 Å². The van der Waals surface area contributed by atoms with Crippen molar-refractivity contribution in [1.29, 1.82) is 0 Å². The van der Waals surface area contributed by atoms with Gasteiger partial charge in [0.15, 0.2) is 0 Å². The molecule has 0 aliphatic carbocycles. The van der Waals surface area contributed by atoms with Gasteiger partial charge in [0, 0.05) is 0 Å². The highest BCUT2D eigenvalue weighted by molar-refractivity contribution is 7.16. The summed E-state index contributed by atoms with van der Waals surface area (Å²) < 4.78 is 1.02. The highest BCUT2D eigenvalue weighted by Crippen LogP contribution is 2.32. The Balaban J connectivity index is 1.86. The van der Waals surface area contributed by atoms with Crippen molar-refractivity contribution in [3.8, 4) is 0 Å². The van der Waals surface area contributed by atoms with Crippen LogP contribution in [0.2, 0.25) is 5.02 Å². The van der Waals surface area contributed by atoms with E-state index in [1.807, 2.05) is 6.07 Å². The van der Waals surface area contributed by atoms with E-state index in [1.165, 1.54) is 11.3 Å². The fraction of sp³-hybridized carbons (Fsp3) is 0.385. The summed E-state index contributed by atoms with van der Waals surface area (Å²) >= 11 is 7.71. The Morgan fingerprint density at radius 2 is 2.37 bits per heavy atom. The lowest BCUT2D eigenvalue weighted by Gasteiger charge is -2.22. The molecule has 1 amide bonds. The Kier molecular flexibility index (Phi) is 3.68. The van der Waals surface area contributed by atoms with Crippen molar-refractivity contribution < 1.29 is 4.79 Å². The van der Waals surface area contributed by atoms with Crippen molar-refractivity contribution in [2.24, 2.45) is 0 Å². The van der Waals surface area contributed by atoms with Gasteiger partial charge in [-0.05, 0) is 31.5 Å². The fourth-order valence-electron chi connectivity index (χ4n) is 2.31. The second-order valence-electron chi connectivity index (χ2n) is 4.61. The monoisotopic (exact) mass is 295 g/mol. The third kappa shape index (κ3) is 2.59. The summed E-state index contributed by atoms with van der Waals surface area (Å²) in [7, 11) is 0. The largest absolute Gasteiger partial charge is 0.322 e. The number of amides is 1. The minimum absolute atomic E-state index is 0.0258. The normalized spacial score (nSPS) is 19.5. The van der Waals surface area contributed by atoms with Crippen LogP contribution >= 0.6 is 22.9 Å². The van der Waals surface area contributed by atoms with Crippen LogP contribution in [0, 0.1) is 0 Å². The van der Waals surface area contributed by atoms with Crippen molar-refractivity contribution in [3.63, 3.8) is 0 Å². The zero-order valence-electron chi connectivity index (χ0n) is 10.3. The molecule has 0 saturated carbocycles. The zero-order chi connectivity index (χ0) is 13.2. The topological polar surface area (TPSA) is 54.0 Å². The Morgan fingerprint density at radius 3 is 3.16 bits per heavy atom. The van der Waals surface area contributed by atoms with Gasteiger partial charge in [0.1, 0.15) is 5.52 Å². The van der Waals surface area contributed by atoms with Crippen LogP contribution in [0.4, 0.5) is 5.69 Å². The van der Waals surface area contributed by atoms with Crippen molar-refractivity contribution in [2.75, 3.05) is 11.9 Å². The van der Waals surface area contributed by atoms with Gasteiger partial charge in [0.2, 0.25) is 5.91 Å². The van der Waals surface area contributed by atoms with E-state index in [0.29, 0.717) is 10.7 Å². The lowest BCUT2D eigenvalue weighted by Crippen LogP contribution is -2.43. The first kappa shape index (κ1) is 12.8. The van der Waals surface area contributed by atoms with Crippen LogP contribution in [0.1, 0.15) is 19.3 Å². The van der Waals surface area contributed by atoms with Gasteiger partial charge in [-0.15, -0.1) is 11.3 Å². The number of benzene rings is 1. The number of halogens is 1. The molecule has 1 atom stereocenters. The summed E-state index contributed by atoms with van der Waals surface area (Å²) in [6, 6.07) is 3.59. The maximum absolute atomic E-state index is 12.2. The SMILES string of the molecule is O=C(Nc1c(Cl)ccc2scnc12)C1CCCCN1. The standard InChI is InChI=1S/C13H14ClN3OS/c14-8-4-5-10-12(16-7-19-10)11(8)17-13(18)9-3-1-2-6-15-9/h4-5,7,9,15H,1-3,6H2,(H,17,18). The number of rotatable bonds is 2. The summed E-state index contributed by atoms with van der Waals surface area (Å²) in [5.41, 5.74) is 3.15. The Hall–Kier alpha value is -1.17. The molecular weight excluding hydrogens is 282 g/mol. The molecule has 1 fully saturated rings. The summed E-state index contributed by atoms with van der Waals surface area (Å²) in [6.45, 7) is 0.896. The molecule has 0 bridgehead atoms. The lowest BCUT2D eigenvalue weighted by atomic mass is 10.0. The molecule has 1 aromatic carbocycles. The molecule has 4 nitrogen and oxygen atoms in total. The summed E-state index contributed by atoms with van der Waals surface area (Å²) in [4.78, 5) is 16.5. The number of fused-ring (bicyclic) bond motifs is 1. The fourth-order valence-corrected chi connectivity index (χ4v) is 3.20. The lowest BCUT2D eigenvalue weighted by molar-refractivity contribution is -0.118. The average molecular weight is 296 g/mol. The van der Waals surface area contributed by atoms with E-state index in [9.17, 15) is 4.79 Å². The van der Waals surface area contributed by atoms with Gasteiger partial charge in [0.25, 0.3) is 0 Å². The van der Waals surface area contributed by atoms with Crippen LogP contribution in [0.3, 0.4) is 0 Å². The molecule has 1 aromatic heterocycles. The van der Waals surface area contributed by atoms with Gasteiger partial charge in [-0.2, -0.15) is 0 Å². The van der Waals surface area contributed by atoms with Gasteiger partial charge >= 0.3 is 0 Å². The predicted molar refractivity (Wildman–Crippen MR) is 78.9 cm³/mol. The Morgan fingerprint density at radius 1 is 1.47 bits per heavy atom. The summed E-state index contributed by atoms with van der Waals surface area (Å²) in [5, 5.41) is 6.68. The molecule has 100 valence electrons. The van der Waals surface area contributed by atoms with Gasteiger partial charge < -0.3 is 10.6 Å². The van der Waals surface area contributed by atoms with Crippen molar-refractivity contribution in [1.82, 2.24) is 10.3 Å². The molecule has 1 aliphatic rings. The van der Waals surface area contributed by atoms with Crippen LogP contribution in [0.25, 0.3) is 10.2 Å². The highest BCUT2D eigenvalue weighted by Gasteiger charge is 2.22. The van der Waals surface area contributed by atoms with Crippen LogP contribution in [-0.2, 0) is 4.79 Å². The van der Waals surface area contributed by atoms with E-state index in [4.69, 9.17) is 11.6 Å². The number of piperidine rings is 1. The minimum Gasteiger partial charge on any atom is -0.322 e. The number of aromatic nitrogens is 1. The first-order valence-corrected chi connectivity index (χ1v) is 7.57. The van der Waals surface area contributed by atoms with Gasteiger partial charge in [-0.3, -0.25) is 4.79 Å². The van der Waals surface area contributed by atoms with E-state index in [2.05, 4.69) is 15.6 Å². The van der Waals surface area contributed by atoms with E-state index in [-0.39, 0.29) is 11.9 Å². The maximum atomic E-state index is 12.2. The molecular formula is C13H14ClN3OS. The molecule has 2 heterocycles. The van der Waals surface area contributed by atoms with Crippen molar-refractivity contribution >= 4 is 44.7 Å². The number of thiazole rings is 1. The maximum Gasteiger partial charge on any atom is 0.241 e. The van der Waals surface area contributed by atoms with E-state index >= 15 is 0 Å². The number of carbonyl (C=O) groups excluding carboxylic acids is 1. The molecule has 0 spiro atoms. The van der Waals surface area contributed by atoms with Crippen molar-refractivity contribution in [2.45, 2.75) is 25.3 Å². The number of nitrogens with zero attached hydrogens (tertiary/aromatic N) is 1. The van der Waals surface area contributed by atoms with Gasteiger partial charge in [-0.1, -0.05) is 18.0 Å². The second kappa shape index (κ2) is 5.45. The molecule has 1 aliphatic heterocycles. The smallest absolute Gasteiger partial charge is 0.241 e. The number of hydrogen-bond acceptors (Lipinski definition) is 4. The van der Waals surface area contributed by atoms with E-state index in [1.54, 1.807) is 11.6 Å². The molecule has 1 saturated heterocycles. The Bertz CT molecular complexity index is 607. The number of anilines is 1. The number of hydrogen-bond donors (Lipinski definition) is 2. The van der Waals surface area contributed by atoms with Crippen LogP contribution in [-0.4, -0.2) is 23.5 Å². The quantitative estimate of drug-likeness (QED) is 0.895. The number of nitrogens with one attached hydrogen (secondary N) is 2. The Labute approximate surface area is 120 Å². The first-order chi connectivity index (χ1) is 9.25. The number of carbonyl (C=O) groups is 1. The highest BCUT2D eigenvalue weighted by atomic mass is 35.5. The molecule has 0 radical (unpaired) electrons. The predicted octanol–water partition coefficient (Wildman–Crippen LogP) is 3.03. The van der Waals surface area contributed by atoms with Crippen LogP contribution in [0.5, 0.6) is 0 Å². The third-order valence-electron chi connectivity index (χ3n) is 3.33. The van der Waals surface area contributed by atoms with Crippen LogP contribution in [0.15, 0.2) is 17.6 Å². The summed E-state index contributed by atoms with van der Waals surface area (Å²) in [6.07, 6.45) is 3.09. The van der Waals surface area contributed by atoms with Crippen LogP contribution < -0.4 is 10.6 Å². The third-order valence-corrected chi connectivity index (χ3v) is 4.44. The molecule has 6 heteroatoms. The molecule has 1 unspecified atom stereocenters. The minimum atomic E-state index is -0.126. The van der Waals surface area contributed by atoms with E-state index in [0.717, 1.165) is 36.0 Å². The van der Waals surface area contributed by atoms with E-state index < -0.39 is 0 Å². The average Bonchev–Trinajstić information content (AvgIpc) is 2.91. The zero-order valence-corrected chi connectivity index (χ0v) is 11.9.